The van der Waals surface area contributed by atoms with E-state index in [-0.39, 0.29) is 19.0 Å². The molecule has 10 nitrogen and oxygen atoms in total. The van der Waals surface area contributed by atoms with Crippen molar-refractivity contribution >= 4 is 17.9 Å². The second kappa shape index (κ2) is 9.84. The normalized spacial score (nSPS) is 19.5. The van der Waals surface area contributed by atoms with E-state index in [0.29, 0.717) is 11.1 Å². The van der Waals surface area contributed by atoms with Crippen LogP contribution in [0.5, 0.6) is 0 Å². The van der Waals surface area contributed by atoms with Crippen molar-refractivity contribution in [1.82, 2.24) is 14.5 Å². The van der Waals surface area contributed by atoms with E-state index >= 15 is 0 Å². The smallest absolute Gasteiger partial charge is 0.354 e. The molecule has 0 spiro atoms. The van der Waals surface area contributed by atoms with Gasteiger partial charge in [-0.15, -0.1) is 0 Å². The molecule has 2 N–H and O–H groups in total. The highest BCUT2D eigenvalue weighted by molar-refractivity contribution is 5.90. The number of benzene rings is 2. The van der Waals surface area contributed by atoms with E-state index in [1.165, 1.54) is 6.33 Å². The number of aromatic nitrogens is 3. The number of rotatable bonds is 6. The molecule has 10 heteroatoms. The second-order valence-electron chi connectivity index (χ2n) is 8.04. The molecule has 1 aliphatic heterocycles. The number of nitrogens with zero attached hydrogens (tertiary/aromatic N) is 3. The Bertz CT molecular complexity index is 1240. The molecular weight excluding hydrogens is 440 g/mol. The third-order valence-electron chi connectivity index (χ3n) is 5.45. The van der Waals surface area contributed by atoms with E-state index in [1.54, 1.807) is 48.5 Å². The third kappa shape index (κ3) is 5.29. The molecule has 34 heavy (non-hydrogen) atoms. The van der Waals surface area contributed by atoms with Crippen molar-refractivity contribution < 1.29 is 23.8 Å². The quantitative estimate of drug-likeness (QED) is 0.545. The molecule has 2 aromatic carbocycles. The first-order valence-corrected chi connectivity index (χ1v) is 10.7. The van der Waals surface area contributed by atoms with Crippen molar-refractivity contribution in [1.29, 1.82) is 0 Å². The van der Waals surface area contributed by atoms with Crippen LogP contribution in [0.3, 0.4) is 0 Å². The number of anilines is 1. The van der Waals surface area contributed by atoms with Gasteiger partial charge in [0, 0.05) is 6.42 Å². The molecule has 4 rings (SSSR count). The Labute approximate surface area is 195 Å². The molecule has 0 radical (unpaired) electrons. The lowest BCUT2D eigenvalue weighted by Crippen LogP contribution is -2.32. The summed E-state index contributed by atoms with van der Waals surface area (Å²) in [5, 5.41) is 0. The van der Waals surface area contributed by atoms with Gasteiger partial charge in [0.05, 0.1) is 11.1 Å². The minimum atomic E-state index is -0.827. The Hall–Kier alpha value is -4.05. The summed E-state index contributed by atoms with van der Waals surface area (Å²) >= 11 is 0. The third-order valence-corrected chi connectivity index (χ3v) is 5.45. The number of carbonyl (C=O) groups is 2. The highest BCUT2D eigenvalue weighted by Crippen LogP contribution is 2.31. The molecule has 1 aromatic heterocycles. The molecule has 0 aliphatic carbocycles. The van der Waals surface area contributed by atoms with Crippen molar-refractivity contribution in [3.05, 3.63) is 87.6 Å². The van der Waals surface area contributed by atoms with Crippen molar-refractivity contribution in [3.8, 4) is 0 Å². The van der Waals surface area contributed by atoms with Gasteiger partial charge in [-0.2, -0.15) is 4.98 Å². The summed E-state index contributed by atoms with van der Waals surface area (Å²) in [4.78, 5) is 44.9. The number of ether oxygens (including phenoxy) is 3. The number of carbonyl (C=O) groups excluding carboxylic acids is 2. The molecule has 0 amide bonds. The average molecular weight is 464 g/mol. The van der Waals surface area contributed by atoms with Crippen LogP contribution in [0.1, 0.15) is 44.5 Å². The zero-order valence-electron chi connectivity index (χ0n) is 18.7. The topological polar surface area (TPSA) is 136 Å². The lowest BCUT2D eigenvalue weighted by molar-refractivity contribution is -0.0584. The van der Waals surface area contributed by atoms with Gasteiger partial charge < -0.3 is 19.9 Å². The number of esters is 2. The fraction of sp³-hybridized carbons (Fsp3) is 0.292. The Morgan fingerprint density at radius 3 is 2.21 bits per heavy atom. The van der Waals surface area contributed by atoms with E-state index < -0.39 is 36.1 Å². The SMILES string of the molecule is Cc1ccc(C(=O)OC[C@H]2OC(n3cnc(N)nc3=O)C[C@@H]2OC(=O)c2ccc(C)cc2)cc1. The predicted molar refractivity (Wildman–Crippen MR) is 121 cm³/mol. The fourth-order valence-corrected chi connectivity index (χ4v) is 3.52. The number of aryl methyl sites for hydroxylation is 2. The maximum absolute atomic E-state index is 12.7. The Kier molecular flexibility index (Phi) is 6.69. The van der Waals surface area contributed by atoms with Crippen LogP contribution in [0.25, 0.3) is 0 Å². The van der Waals surface area contributed by atoms with Crippen molar-refractivity contribution in [2.45, 2.75) is 38.7 Å². The van der Waals surface area contributed by atoms with E-state index in [1.807, 2.05) is 13.8 Å². The lowest BCUT2D eigenvalue weighted by atomic mass is 10.1. The zero-order chi connectivity index (χ0) is 24.2. The highest BCUT2D eigenvalue weighted by Gasteiger charge is 2.40. The fourth-order valence-electron chi connectivity index (χ4n) is 3.52. The van der Waals surface area contributed by atoms with Crippen LogP contribution in [0.4, 0.5) is 5.95 Å². The van der Waals surface area contributed by atoms with Crippen molar-refractivity contribution in [3.63, 3.8) is 0 Å². The van der Waals surface area contributed by atoms with Crippen LogP contribution < -0.4 is 11.4 Å². The molecular formula is C24H24N4O6. The van der Waals surface area contributed by atoms with Crippen LogP contribution >= 0.6 is 0 Å². The highest BCUT2D eigenvalue weighted by atomic mass is 16.6. The molecule has 1 saturated heterocycles. The van der Waals surface area contributed by atoms with Crippen LogP contribution in [0.2, 0.25) is 0 Å². The summed E-state index contributed by atoms with van der Waals surface area (Å²) in [6.07, 6.45) is -1.06. The molecule has 2 heterocycles. The second-order valence-corrected chi connectivity index (χ2v) is 8.04. The maximum Gasteiger partial charge on any atom is 0.354 e. The van der Waals surface area contributed by atoms with Crippen molar-refractivity contribution in [2.24, 2.45) is 0 Å². The molecule has 0 bridgehead atoms. The van der Waals surface area contributed by atoms with E-state index in [0.717, 1.165) is 15.7 Å². The van der Waals surface area contributed by atoms with Gasteiger partial charge in [-0.25, -0.2) is 19.4 Å². The Balaban J connectivity index is 1.50. The van der Waals surface area contributed by atoms with E-state index in [9.17, 15) is 14.4 Å². The number of nitrogens with two attached hydrogens (primary N) is 1. The number of hydrogen-bond acceptors (Lipinski definition) is 9. The molecule has 0 saturated carbocycles. The largest absolute Gasteiger partial charge is 0.459 e. The van der Waals surface area contributed by atoms with Gasteiger partial charge in [0.25, 0.3) is 0 Å². The van der Waals surface area contributed by atoms with Gasteiger partial charge in [-0.05, 0) is 38.1 Å². The average Bonchev–Trinajstić information content (AvgIpc) is 3.20. The summed E-state index contributed by atoms with van der Waals surface area (Å²) in [6, 6.07) is 13.9. The van der Waals surface area contributed by atoms with Gasteiger partial charge in [0.2, 0.25) is 5.95 Å². The van der Waals surface area contributed by atoms with Crippen LogP contribution in [0.15, 0.2) is 59.7 Å². The Morgan fingerprint density at radius 2 is 1.62 bits per heavy atom. The summed E-state index contributed by atoms with van der Waals surface area (Å²) in [5.74, 6) is -1.25. The minimum absolute atomic E-state index is 0.136. The first kappa shape index (κ1) is 23.1. The van der Waals surface area contributed by atoms with Gasteiger partial charge in [-0.3, -0.25) is 4.57 Å². The van der Waals surface area contributed by atoms with Crippen molar-refractivity contribution in [2.75, 3.05) is 12.3 Å². The zero-order valence-corrected chi connectivity index (χ0v) is 18.7. The minimum Gasteiger partial charge on any atom is -0.459 e. The lowest BCUT2D eigenvalue weighted by Gasteiger charge is -2.19. The molecule has 1 aliphatic rings. The summed E-state index contributed by atoms with van der Waals surface area (Å²) < 4.78 is 18.2. The van der Waals surface area contributed by atoms with Gasteiger partial charge >= 0.3 is 17.6 Å². The molecule has 1 unspecified atom stereocenters. The molecule has 176 valence electrons. The maximum atomic E-state index is 12.7. The Morgan fingerprint density at radius 1 is 1.03 bits per heavy atom. The monoisotopic (exact) mass is 464 g/mol. The predicted octanol–water partition coefficient (Wildman–Crippen LogP) is 2.21. The molecule has 3 aromatic rings. The summed E-state index contributed by atoms with van der Waals surface area (Å²) in [5.41, 5.74) is 7.58. The van der Waals surface area contributed by atoms with Crippen LogP contribution in [0, 0.1) is 13.8 Å². The molecule has 3 atom stereocenters. The van der Waals surface area contributed by atoms with Gasteiger partial charge in [0.1, 0.15) is 31.4 Å². The first-order chi connectivity index (χ1) is 16.3. The van der Waals surface area contributed by atoms with Crippen LogP contribution in [-0.2, 0) is 14.2 Å². The number of nitrogen functional groups attached to an aromatic ring is 1. The van der Waals surface area contributed by atoms with Crippen LogP contribution in [-0.4, -0.2) is 45.3 Å². The van der Waals surface area contributed by atoms with Gasteiger partial charge in [-0.1, -0.05) is 35.4 Å². The summed E-state index contributed by atoms with van der Waals surface area (Å²) in [7, 11) is 0. The van der Waals surface area contributed by atoms with E-state index in [2.05, 4.69) is 9.97 Å². The van der Waals surface area contributed by atoms with Gasteiger partial charge in [0.15, 0.2) is 0 Å². The standard InChI is InChI=1S/C24H24N4O6/c1-14-3-7-16(8-4-14)21(29)32-12-19-18(34-22(30)17-9-5-15(2)6-10-17)11-20(33-19)28-13-26-23(25)27-24(28)31/h3-10,13,18-20H,11-12H2,1-2H3,(H2,25,27,31)/t18-,19+,20?/m0/s1. The summed E-state index contributed by atoms with van der Waals surface area (Å²) in [6.45, 7) is 3.65. The number of hydrogen-bond donors (Lipinski definition) is 1. The first-order valence-electron chi connectivity index (χ1n) is 10.7. The molecule has 1 fully saturated rings. The van der Waals surface area contributed by atoms with E-state index in [4.69, 9.17) is 19.9 Å².